The summed E-state index contributed by atoms with van der Waals surface area (Å²) in [5.74, 6) is -1.95. The number of nitrogens with one attached hydrogen (secondary N) is 3. The second-order valence-corrected chi connectivity index (χ2v) is 8.21. The number of nitrogens with zero attached hydrogens (tertiary/aromatic N) is 2. The lowest BCUT2D eigenvalue weighted by molar-refractivity contribution is -0.116. The van der Waals surface area contributed by atoms with Gasteiger partial charge in [-0.25, -0.2) is 12.9 Å². The van der Waals surface area contributed by atoms with Crippen LogP contribution in [0.5, 0.6) is 0 Å². The number of hydrogen-bond acceptors (Lipinski definition) is 5. The lowest BCUT2D eigenvalue weighted by atomic mass is 10.1. The fourth-order valence-corrected chi connectivity index (χ4v) is 3.94. The van der Waals surface area contributed by atoms with Gasteiger partial charge in [0, 0.05) is 36.0 Å². The number of aromatic nitrogens is 3. The van der Waals surface area contributed by atoms with Crippen LogP contribution in [0.2, 0.25) is 0 Å². The van der Waals surface area contributed by atoms with Gasteiger partial charge < -0.3 is 10.3 Å². The number of fused-ring (bicyclic) bond motifs is 2. The van der Waals surface area contributed by atoms with Gasteiger partial charge in [-0.05, 0) is 24.3 Å². The zero-order valence-electron chi connectivity index (χ0n) is 15.1. The Kier molecular flexibility index (Phi) is 4.77. The highest BCUT2D eigenvalue weighted by Crippen LogP contribution is 2.18. The smallest absolute Gasteiger partial charge is 0.292 e. The fraction of sp³-hybridized carbons (Fsp3) is 0.105. The molecule has 1 amide bonds. The van der Waals surface area contributed by atoms with E-state index < -0.39 is 21.7 Å². The zero-order chi connectivity index (χ0) is 20.4. The number of hydrogen-bond donors (Lipinski definition) is 3. The molecule has 0 aliphatic rings. The predicted molar refractivity (Wildman–Crippen MR) is 108 cm³/mol. The second kappa shape index (κ2) is 7.40. The van der Waals surface area contributed by atoms with E-state index in [-0.39, 0.29) is 17.9 Å². The van der Waals surface area contributed by atoms with E-state index in [4.69, 9.17) is 0 Å². The Morgan fingerprint density at radius 3 is 2.83 bits per heavy atom. The summed E-state index contributed by atoms with van der Waals surface area (Å²) in [7, 11) is -3.71. The maximum absolute atomic E-state index is 12.4. The van der Waals surface area contributed by atoms with Crippen molar-refractivity contribution >= 4 is 43.8 Å². The number of ketones is 1. The summed E-state index contributed by atoms with van der Waals surface area (Å²) in [6, 6.07) is 12.1. The topological polar surface area (TPSA) is 125 Å². The van der Waals surface area contributed by atoms with Gasteiger partial charge in [-0.3, -0.25) is 14.3 Å². The van der Waals surface area contributed by atoms with E-state index in [1.807, 2.05) is 6.07 Å². The van der Waals surface area contributed by atoms with Crippen molar-refractivity contribution in [1.82, 2.24) is 19.9 Å². The van der Waals surface area contributed by atoms with E-state index in [0.29, 0.717) is 11.1 Å². The van der Waals surface area contributed by atoms with E-state index >= 15 is 0 Å². The van der Waals surface area contributed by atoms with Crippen LogP contribution in [0.4, 0.5) is 5.69 Å². The van der Waals surface area contributed by atoms with E-state index in [1.165, 1.54) is 6.20 Å². The standard InChI is InChI=1S/C19H17N5O4S/c25-18(16-12-21-17-4-2-1-3-15(16)17)19(26)20-8-10-29(27,28)23-13-6-9-24-14(11-13)5-7-22-24/h1-7,9,11-12,21,23H,8,10H2,(H,20,26). The molecule has 0 saturated carbocycles. The Balaban J connectivity index is 1.35. The summed E-state index contributed by atoms with van der Waals surface area (Å²) in [5, 5.41) is 7.04. The number of amides is 1. The van der Waals surface area contributed by atoms with Gasteiger partial charge in [-0.2, -0.15) is 5.10 Å². The molecular weight excluding hydrogens is 394 g/mol. The number of sulfonamides is 1. The molecular formula is C19H17N5O4S. The number of H-pyrrole nitrogens is 1. The van der Waals surface area contributed by atoms with Crippen LogP contribution in [-0.2, 0) is 14.8 Å². The number of Topliss-reactive ketones (excluding diaryl/α,β-unsaturated/α-hetero) is 1. The van der Waals surface area contributed by atoms with Crippen molar-refractivity contribution in [3.63, 3.8) is 0 Å². The van der Waals surface area contributed by atoms with Crippen LogP contribution in [0.25, 0.3) is 16.4 Å². The van der Waals surface area contributed by atoms with Gasteiger partial charge >= 0.3 is 0 Å². The lowest BCUT2D eigenvalue weighted by Gasteiger charge is -2.09. The van der Waals surface area contributed by atoms with E-state index in [2.05, 4.69) is 20.1 Å². The minimum Gasteiger partial charge on any atom is -0.360 e. The summed E-state index contributed by atoms with van der Waals surface area (Å²) in [6.45, 7) is -0.197. The monoisotopic (exact) mass is 411 g/mol. The van der Waals surface area contributed by atoms with Crippen LogP contribution in [0.1, 0.15) is 10.4 Å². The lowest BCUT2D eigenvalue weighted by Crippen LogP contribution is -2.35. The highest BCUT2D eigenvalue weighted by atomic mass is 32.2. The van der Waals surface area contributed by atoms with Gasteiger partial charge in [0.1, 0.15) is 0 Å². The van der Waals surface area contributed by atoms with E-state index in [1.54, 1.807) is 53.3 Å². The van der Waals surface area contributed by atoms with Crippen LogP contribution < -0.4 is 10.0 Å². The number of rotatable bonds is 7. The minimum absolute atomic E-state index is 0.197. The summed E-state index contributed by atoms with van der Waals surface area (Å²) < 4.78 is 28.6. The van der Waals surface area contributed by atoms with Crippen molar-refractivity contribution in [3.8, 4) is 0 Å². The summed E-state index contributed by atoms with van der Waals surface area (Å²) >= 11 is 0. The molecule has 0 radical (unpaired) electrons. The minimum atomic E-state index is -3.71. The molecule has 3 aromatic heterocycles. The van der Waals surface area contributed by atoms with Gasteiger partial charge in [0.15, 0.2) is 0 Å². The Hall–Kier alpha value is -3.66. The molecule has 0 fully saturated rings. The highest BCUT2D eigenvalue weighted by Gasteiger charge is 2.20. The van der Waals surface area contributed by atoms with Gasteiger partial charge in [0.25, 0.3) is 11.7 Å². The molecule has 148 valence electrons. The predicted octanol–water partition coefficient (Wildman–Crippen LogP) is 1.56. The van der Waals surface area contributed by atoms with Gasteiger partial charge in [-0.1, -0.05) is 18.2 Å². The maximum Gasteiger partial charge on any atom is 0.292 e. The summed E-state index contributed by atoms with van der Waals surface area (Å²) in [6.07, 6.45) is 4.71. The van der Waals surface area contributed by atoms with Gasteiger partial charge in [-0.15, -0.1) is 0 Å². The molecule has 4 rings (SSSR count). The molecule has 0 unspecified atom stereocenters. The molecule has 0 aliphatic carbocycles. The third-order valence-electron chi connectivity index (χ3n) is 4.37. The first-order valence-electron chi connectivity index (χ1n) is 8.75. The summed E-state index contributed by atoms with van der Waals surface area (Å²) in [5.41, 5.74) is 2.11. The average Bonchev–Trinajstić information content (AvgIpc) is 3.33. The average molecular weight is 411 g/mol. The van der Waals surface area contributed by atoms with Gasteiger partial charge in [0.05, 0.1) is 22.5 Å². The molecule has 1 aromatic carbocycles. The Labute approximate surface area is 165 Å². The number of benzene rings is 1. The molecule has 29 heavy (non-hydrogen) atoms. The van der Waals surface area contributed by atoms with Crippen LogP contribution in [0.15, 0.2) is 61.1 Å². The van der Waals surface area contributed by atoms with Crippen molar-refractivity contribution in [2.24, 2.45) is 0 Å². The number of aromatic amines is 1. The molecule has 0 spiro atoms. The number of carbonyl (C=O) groups excluding carboxylic acids is 2. The van der Waals surface area contributed by atoms with Crippen LogP contribution >= 0.6 is 0 Å². The number of carbonyl (C=O) groups is 2. The van der Waals surface area contributed by atoms with Crippen LogP contribution in [-0.4, -0.2) is 47.0 Å². The molecule has 0 aliphatic heterocycles. The quantitative estimate of drug-likeness (QED) is 0.314. The molecule has 0 saturated heterocycles. The molecule has 10 heteroatoms. The second-order valence-electron chi connectivity index (χ2n) is 6.37. The third kappa shape index (κ3) is 3.97. The number of anilines is 1. The van der Waals surface area contributed by atoms with E-state index in [9.17, 15) is 18.0 Å². The van der Waals surface area contributed by atoms with Crippen molar-refractivity contribution in [2.75, 3.05) is 17.0 Å². The largest absolute Gasteiger partial charge is 0.360 e. The van der Waals surface area contributed by atoms with Crippen molar-refractivity contribution < 1.29 is 18.0 Å². The molecule has 9 nitrogen and oxygen atoms in total. The van der Waals surface area contributed by atoms with Gasteiger partial charge in [0.2, 0.25) is 10.0 Å². The van der Waals surface area contributed by atoms with Crippen LogP contribution in [0, 0.1) is 0 Å². The fourth-order valence-electron chi connectivity index (χ4n) is 2.98. The molecule has 0 bridgehead atoms. The van der Waals surface area contributed by atoms with Crippen molar-refractivity contribution in [1.29, 1.82) is 0 Å². The molecule has 0 atom stereocenters. The van der Waals surface area contributed by atoms with Crippen molar-refractivity contribution in [3.05, 3.63) is 66.6 Å². The zero-order valence-corrected chi connectivity index (χ0v) is 15.9. The molecule has 4 aromatic rings. The molecule has 3 N–H and O–H groups in total. The Morgan fingerprint density at radius 2 is 1.97 bits per heavy atom. The first kappa shape index (κ1) is 18.7. The maximum atomic E-state index is 12.4. The molecule has 3 heterocycles. The van der Waals surface area contributed by atoms with Crippen LogP contribution in [0.3, 0.4) is 0 Å². The number of pyridine rings is 1. The SMILES string of the molecule is O=C(NCCS(=O)(=O)Nc1ccn2nccc2c1)C(=O)c1c[nH]c2ccccc12. The highest BCUT2D eigenvalue weighted by molar-refractivity contribution is 7.92. The first-order valence-corrected chi connectivity index (χ1v) is 10.4. The normalized spacial score (nSPS) is 11.6. The Bertz CT molecular complexity index is 1320. The Morgan fingerprint density at radius 1 is 1.14 bits per heavy atom. The van der Waals surface area contributed by atoms with E-state index in [0.717, 1.165) is 11.0 Å². The number of para-hydroxylation sites is 1. The van der Waals surface area contributed by atoms with Crippen molar-refractivity contribution in [2.45, 2.75) is 0 Å². The third-order valence-corrected chi connectivity index (χ3v) is 5.66. The first-order chi connectivity index (χ1) is 13.9. The summed E-state index contributed by atoms with van der Waals surface area (Å²) in [4.78, 5) is 27.4.